The molecule has 6 heteroatoms. The van der Waals surface area contributed by atoms with Crippen LogP contribution in [0.4, 0.5) is 4.39 Å². The Balaban J connectivity index is 2.42. The van der Waals surface area contributed by atoms with E-state index in [1.807, 2.05) is 0 Å². The van der Waals surface area contributed by atoms with E-state index in [-0.39, 0.29) is 5.82 Å². The van der Waals surface area contributed by atoms with Crippen LogP contribution in [0.1, 0.15) is 5.01 Å². The van der Waals surface area contributed by atoms with Crippen LogP contribution in [0.5, 0.6) is 0 Å². The van der Waals surface area contributed by atoms with Gasteiger partial charge in [0.15, 0.2) is 5.01 Å². The van der Waals surface area contributed by atoms with Gasteiger partial charge in [0.2, 0.25) is 0 Å². The number of rotatable bonds is 3. The van der Waals surface area contributed by atoms with Crippen LogP contribution in [0, 0.1) is 5.82 Å². The Morgan fingerprint density at radius 1 is 1.38 bits per heavy atom. The topological polar surface area (TPSA) is 51.8 Å². The fourth-order valence-electron chi connectivity index (χ4n) is 1.28. The fraction of sp³-hybridized carbons (Fsp3) is 0.200. The van der Waals surface area contributed by atoms with E-state index in [2.05, 4.69) is 10.2 Å². The molecular formula is C10H9ClFN3S. The quantitative estimate of drug-likeness (QED) is 0.919. The number of benzene rings is 1. The first-order valence-corrected chi connectivity index (χ1v) is 5.88. The molecule has 2 N–H and O–H groups in total. The molecule has 0 amide bonds. The maximum absolute atomic E-state index is 13.6. The third-order valence-corrected chi connectivity index (χ3v) is 3.32. The number of halogens is 2. The van der Waals surface area contributed by atoms with Crippen molar-refractivity contribution in [2.45, 2.75) is 6.42 Å². The second-order valence-corrected chi connectivity index (χ2v) is 4.61. The van der Waals surface area contributed by atoms with Gasteiger partial charge >= 0.3 is 0 Å². The van der Waals surface area contributed by atoms with Crippen molar-refractivity contribution in [2.24, 2.45) is 5.73 Å². The summed E-state index contributed by atoms with van der Waals surface area (Å²) in [6.45, 7) is 0.500. The van der Waals surface area contributed by atoms with E-state index < -0.39 is 0 Å². The van der Waals surface area contributed by atoms with E-state index in [4.69, 9.17) is 17.3 Å². The smallest absolute Gasteiger partial charge is 0.152 e. The molecule has 0 aliphatic carbocycles. The minimum atomic E-state index is -0.386. The summed E-state index contributed by atoms with van der Waals surface area (Å²) in [6, 6.07) is 4.54. The van der Waals surface area contributed by atoms with Crippen molar-refractivity contribution in [1.29, 1.82) is 0 Å². The minimum Gasteiger partial charge on any atom is -0.330 e. The molecule has 16 heavy (non-hydrogen) atoms. The van der Waals surface area contributed by atoms with Crippen molar-refractivity contribution in [3.05, 3.63) is 34.0 Å². The number of nitrogens with two attached hydrogens (primary N) is 1. The van der Waals surface area contributed by atoms with Gasteiger partial charge in [0.05, 0.1) is 10.6 Å². The molecule has 0 fully saturated rings. The number of hydrogen-bond acceptors (Lipinski definition) is 4. The molecule has 0 aliphatic rings. The maximum atomic E-state index is 13.6. The first kappa shape index (κ1) is 11.4. The molecule has 1 aromatic heterocycles. The van der Waals surface area contributed by atoms with Crippen LogP contribution in [0.25, 0.3) is 10.6 Å². The largest absolute Gasteiger partial charge is 0.330 e. The normalized spacial score (nSPS) is 10.7. The van der Waals surface area contributed by atoms with Gasteiger partial charge in [-0.25, -0.2) is 4.39 Å². The van der Waals surface area contributed by atoms with Gasteiger partial charge in [0, 0.05) is 6.42 Å². The van der Waals surface area contributed by atoms with Crippen LogP contribution in [0.3, 0.4) is 0 Å². The molecule has 84 valence electrons. The molecule has 0 aliphatic heterocycles. The molecule has 0 unspecified atom stereocenters. The molecule has 0 saturated carbocycles. The van der Waals surface area contributed by atoms with Gasteiger partial charge in [-0.05, 0) is 18.7 Å². The Labute approximate surface area is 101 Å². The van der Waals surface area contributed by atoms with Crippen molar-refractivity contribution in [3.8, 4) is 10.6 Å². The van der Waals surface area contributed by atoms with Crippen molar-refractivity contribution in [1.82, 2.24) is 10.2 Å². The summed E-state index contributed by atoms with van der Waals surface area (Å²) >= 11 is 7.24. The molecular weight excluding hydrogens is 249 g/mol. The van der Waals surface area contributed by atoms with Crippen LogP contribution >= 0.6 is 22.9 Å². The van der Waals surface area contributed by atoms with Crippen LogP contribution in [-0.4, -0.2) is 16.7 Å². The molecule has 2 aromatic rings. The van der Waals surface area contributed by atoms with Crippen LogP contribution in [-0.2, 0) is 6.42 Å². The zero-order chi connectivity index (χ0) is 11.5. The molecule has 0 radical (unpaired) electrons. The summed E-state index contributed by atoms with van der Waals surface area (Å²) in [7, 11) is 0. The van der Waals surface area contributed by atoms with E-state index in [1.165, 1.54) is 17.4 Å². The zero-order valence-corrected chi connectivity index (χ0v) is 9.85. The maximum Gasteiger partial charge on any atom is 0.152 e. The van der Waals surface area contributed by atoms with Gasteiger partial charge in [-0.1, -0.05) is 29.0 Å². The molecule has 1 heterocycles. The van der Waals surface area contributed by atoms with Crippen LogP contribution in [0.15, 0.2) is 18.2 Å². The van der Waals surface area contributed by atoms with Crippen LogP contribution in [0.2, 0.25) is 5.02 Å². The highest BCUT2D eigenvalue weighted by molar-refractivity contribution is 7.14. The minimum absolute atomic E-state index is 0.310. The first-order valence-electron chi connectivity index (χ1n) is 4.69. The molecule has 3 nitrogen and oxygen atoms in total. The lowest BCUT2D eigenvalue weighted by Gasteiger charge is -1.99. The number of nitrogens with zero attached hydrogens (tertiary/aromatic N) is 2. The first-order chi connectivity index (χ1) is 7.72. The highest BCUT2D eigenvalue weighted by Crippen LogP contribution is 2.32. The zero-order valence-electron chi connectivity index (χ0n) is 8.28. The third kappa shape index (κ3) is 2.21. The summed E-state index contributed by atoms with van der Waals surface area (Å²) in [5.74, 6) is -0.386. The number of aromatic nitrogens is 2. The molecule has 0 spiro atoms. The van der Waals surface area contributed by atoms with Gasteiger partial charge in [0.25, 0.3) is 0 Å². The van der Waals surface area contributed by atoms with Crippen LogP contribution < -0.4 is 5.73 Å². The summed E-state index contributed by atoms with van der Waals surface area (Å²) in [5.41, 5.74) is 5.72. The second-order valence-electron chi connectivity index (χ2n) is 3.14. The van der Waals surface area contributed by atoms with Crippen molar-refractivity contribution >= 4 is 22.9 Å². The predicted octanol–water partition coefficient (Wildman–Crippen LogP) is 2.50. The Bertz CT molecular complexity index is 480. The van der Waals surface area contributed by atoms with E-state index in [0.717, 1.165) is 5.01 Å². The summed E-state index contributed by atoms with van der Waals surface area (Å²) < 4.78 is 13.6. The SMILES string of the molecule is NCCc1nnc(-c2c(F)cccc2Cl)s1. The lowest BCUT2D eigenvalue weighted by atomic mass is 10.2. The lowest BCUT2D eigenvalue weighted by Crippen LogP contribution is -2.01. The standard InChI is InChI=1S/C10H9ClFN3S/c11-6-2-1-3-7(12)9(6)10-15-14-8(16-10)4-5-13/h1-3H,4-5,13H2. The number of hydrogen-bond donors (Lipinski definition) is 1. The average Bonchev–Trinajstić information content (AvgIpc) is 2.67. The Kier molecular flexibility index (Phi) is 3.48. The van der Waals surface area contributed by atoms with E-state index in [1.54, 1.807) is 12.1 Å². The van der Waals surface area contributed by atoms with Gasteiger partial charge < -0.3 is 5.73 Å². The monoisotopic (exact) mass is 257 g/mol. The predicted molar refractivity (Wildman–Crippen MR) is 63.1 cm³/mol. The van der Waals surface area contributed by atoms with E-state index >= 15 is 0 Å². The average molecular weight is 258 g/mol. The highest BCUT2D eigenvalue weighted by Gasteiger charge is 2.14. The van der Waals surface area contributed by atoms with Gasteiger partial charge in [-0.3, -0.25) is 0 Å². The van der Waals surface area contributed by atoms with Crippen molar-refractivity contribution < 1.29 is 4.39 Å². The molecule has 2 rings (SSSR count). The molecule has 0 atom stereocenters. The molecule has 1 aromatic carbocycles. The van der Waals surface area contributed by atoms with Gasteiger partial charge in [-0.15, -0.1) is 10.2 Å². The van der Waals surface area contributed by atoms with Crippen molar-refractivity contribution in [2.75, 3.05) is 6.54 Å². The Morgan fingerprint density at radius 2 is 2.19 bits per heavy atom. The third-order valence-electron chi connectivity index (χ3n) is 2.00. The van der Waals surface area contributed by atoms with E-state index in [9.17, 15) is 4.39 Å². The van der Waals surface area contributed by atoms with Gasteiger partial charge in [0.1, 0.15) is 10.8 Å². The van der Waals surface area contributed by atoms with E-state index in [0.29, 0.717) is 28.6 Å². The summed E-state index contributed by atoms with van der Waals surface area (Å²) in [4.78, 5) is 0. The summed E-state index contributed by atoms with van der Waals surface area (Å²) in [6.07, 6.45) is 0.643. The second kappa shape index (κ2) is 4.86. The fourth-order valence-corrected chi connectivity index (χ4v) is 2.51. The molecule has 0 saturated heterocycles. The van der Waals surface area contributed by atoms with Gasteiger partial charge in [-0.2, -0.15) is 0 Å². The highest BCUT2D eigenvalue weighted by atomic mass is 35.5. The van der Waals surface area contributed by atoms with Crippen molar-refractivity contribution in [3.63, 3.8) is 0 Å². The Morgan fingerprint density at radius 3 is 2.88 bits per heavy atom. The summed E-state index contributed by atoms with van der Waals surface area (Å²) in [5, 5.41) is 9.47. The Hall–Kier alpha value is -1.04. The lowest BCUT2D eigenvalue weighted by molar-refractivity contribution is 0.631. The molecule has 0 bridgehead atoms.